The quantitative estimate of drug-likeness (QED) is 0.696. The number of hydrogen-bond donors (Lipinski definition) is 1. The predicted molar refractivity (Wildman–Crippen MR) is 107 cm³/mol. The lowest BCUT2D eigenvalue weighted by molar-refractivity contribution is 0.0797. The van der Waals surface area contributed by atoms with Gasteiger partial charge in [0, 0.05) is 37.3 Å². The summed E-state index contributed by atoms with van der Waals surface area (Å²) >= 11 is 0. The van der Waals surface area contributed by atoms with Crippen molar-refractivity contribution in [2.24, 2.45) is 0 Å². The maximum Gasteiger partial charge on any atom is 0.253 e. The molecule has 0 aliphatic rings. The first kappa shape index (κ1) is 19.8. The molecule has 0 aromatic heterocycles. The van der Waals surface area contributed by atoms with E-state index in [-0.39, 0.29) is 11.7 Å². The van der Waals surface area contributed by atoms with Crippen molar-refractivity contribution in [3.63, 3.8) is 0 Å². The largest absolute Gasteiger partial charge is 0.493 e. The normalized spacial score (nSPS) is 10.9. The zero-order valence-corrected chi connectivity index (χ0v) is 16.1. The van der Waals surface area contributed by atoms with Crippen LogP contribution in [0.4, 0.5) is 8.78 Å². The van der Waals surface area contributed by atoms with E-state index in [4.69, 9.17) is 4.74 Å². The van der Waals surface area contributed by atoms with Crippen LogP contribution in [0.15, 0.2) is 48.5 Å². The number of likely N-dealkylation sites (N-methyl/N-ethyl adjacent to an activating group) is 2. The Labute approximate surface area is 162 Å². The Balaban J connectivity index is 2.08. The number of halogens is 2. The Hall–Kier alpha value is -2.99. The molecule has 3 aromatic carbocycles. The van der Waals surface area contributed by atoms with Crippen LogP contribution in [-0.2, 0) is 0 Å². The molecule has 0 atom stereocenters. The summed E-state index contributed by atoms with van der Waals surface area (Å²) in [6.45, 7) is 1.29. The minimum atomic E-state index is -0.757. The highest BCUT2D eigenvalue weighted by Gasteiger charge is 2.17. The van der Waals surface area contributed by atoms with E-state index in [9.17, 15) is 13.6 Å². The van der Waals surface area contributed by atoms with E-state index in [1.165, 1.54) is 13.2 Å². The number of nitrogens with one attached hydrogen (secondary N) is 1. The van der Waals surface area contributed by atoms with E-state index >= 15 is 0 Å². The van der Waals surface area contributed by atoms with Gasteiger partial charge in [0.05, 0.1) is 7.11 Å². The lowest BCUT2D eigenvalue weighted by Crippen LogP contribution is -2.32. The van der Waals surface area contributed by atoms with Crippen molar-refractivity contribution < 1.29 is 18.3 Å². The van der Waals surface area contributed by atoms with Crippen molar-refractivity contribution in [3.05, 3.63) is 65.7 Å². The topological polar surface area (TPSA) is 41.6 Å². The number of carbonyl (C=O) groups is 1. The number of fused-ring (bicyclic) bond motifs is 1. The van der Waals surface area contributed by atoms with Gasteiger partial charge in [-0.2, -0.15) is 0 Å². The van der Waals surface area contributed by atoms with Crippen molar-refractivity contribution >= 4 is 16.7 Å². The van der Waals surface area contributed by atoms with Crippen LogP contribution in [0.3, 0.4) is 0 Å². The van der Waals surface area contributed by atoms with Crippen molar-refractivity contribution in [1.82, 2.24) is 10.2 Å². The van der Waals surface area contributed by atoms with Crippen LogP contribution in [0.5, 0.6) is 5.75 Å². The van der Waals surface area contributed by atoms with Crippen LogP contribution in [0.25, 0.3) is 21.9 Å². The van der Waals surface area contributed by atoms with Crippen molar-refractivity contribution in [1.29, 1.82) is 0 Å². The molecule has 0 heterocycles. The molecule has 0 saturated heterocycles. The van der Waals surface area contributed by atoms with Gasteiger partial charge in [-0.3, -0.25) is 4.79 Å². The SMILES string of the molecule is CNCCN(C)C(=O)c1ccc2c(-c3cc(F)cc(F)c3OC)cccc2c1. The van der Waals surface area contributed by atoms with Crippen molar-refractivity contribution in [2.75, 3.05) is 34.3 Å². The van der Waals surface area contributed by atoms with Gasteiger partial charge in [-0.15, -0.1) is 0 Å². The van der Waals surface area contributed by atoms with E-state index < -0.39 is 11.6 Å². The molecule has 1 amide bonds. The van der Waals surface area contributed by atoms with Gasteiger partial charge in [-0.25, -0.2) is 8.78 Å². The second-order valence-corrected chi connectivity index (χ2v) is 6.54. The molecule has 28 heavy (non-hydrogen) atoms. The van der Waals surface area contributed by atoms with Gasteiger partial charge >= 0.3 is 0 Å². The first-order valence-electron chi connectivity index (χ1n) is 8.92. The molecule has 0 saturated carbocycles. The van der Waals surface area contributed by atoms with Crippen molar-refractivity contribution in [2.45, 2.75) is 0 Å². The molecule has 146 valence electrons. The second-order valence-electron chi connectivity index (χ2n) is 6.54. The van der Waals surface area contributed by atoms with E-state index in [1.54, 1.807) is 42.3 Å². The minimum absolute atomic E-state index is 0.0131. The molecule has 0 unspecified atom stereocenters. The Morgan fingerprint density at radius 1 is 1.11 bits per heavy atom. The number of methoxy groups -OCH3 is 1. The lowest BCUT2D eigenvalue weighted by atomic mass is 9.96. The van der Waals surface area contributed by atoms with Crippen LogP contribution in [0, 0.1) is 11.6 Å². The van der Waals surface area contributed by atoms with E-state index in [2.05, 4.69) is 5.32 Å². The number of benzene rings is 3. The Morgan fingerprint density at radius 3 is 2.61 bits per heavy atom. The molecule has 0 aliphatic heterocycles. The molecule has 3 aromatic rings. The molecule has 0 aliphatic carbocycles. The highest BCUT2D eigenvalue weighted by atomic mass is 19.1. The molecule has 3 rings (SSSR count). The number of rotatable bonds is 6. The molecule has 1 N–H and O–H groups in total. The standard InChI is InChI=1S/C22H22F2N2O2/c1-25-9-10-26(2)22(27)15-7-8-17-14(11-15)5-4-6-18(17)19-12-16(23)13-20(24)21(19)28-3/h4-8,11-13,25H,9-10H2,1-3H3. The number of amides is 1. The summed E-state index contributed by atoms with van der Waals surface area (Å²) in [4.78, 5) is 14.3. The zero-order valence-electron chi connectivity index (χ0n) is 16.1. The molecule has 0 bridgehead atoms. The first-order chi connectivity index (χ1) is 13.5. The monoisotopic (exact) mass is 384 g/mol. The van der Waals surface area contributed by atoms with E-state index in [0.29, 0.717) is 29.8 Å². The number of nitrogens with zero attached hydrogens (tertiary/aromatic N) is 1. The zero-order chi connectivity index (χ0) is 20.3. The predicted octanol–water partition coefficient (Wildman–Crippen LogP) is 4.09. The third-order valence-electron chi connectivity index (χ3n) is 4.67. The third-order valence-corrected chi connectivity index (χ3v) is 4.67. The smallest absolute Gasteiger partial charge is 0.253 e. The fourth-order valence-electron chi connectivity index (χ4n) is 3.22. The molecule has 0 radical (unpaired) electrons. The van der Waals surface area contributed by atoms with E-state index in [0.717, 1.165) is 16.8 Å². The fraction of sp³-hybridized carbons (Fsp3) is 0.227. The molecule has 0 spiro atoms. The van der Waals surface area contributed by atoms with Crippen LogP contribution in [0.2, 0.25) is 0 Å². The van der Waals surface area contributed by atoms with Crippen LogP contribution in [-0.4, -0.2) is 45.1 Å². The van der Waals surface area contributed by atoms with Crippen LogP contribution in [0.1, 0.15) is 10.4 Å². The van der Waals surface area contributed by atoms with Gasteiger partial charge in [-0.05, 0) is 41.6 Å². The molecular weight excluding hydrogens is 362 g/mol. The summed E-state index contributed by atoms with van der Waals surface area (Å²) < 4.78 is 33.1. The van der Waals surface area contributed by atoms with Gasteiger partial charge in [0.2, 0.25) is 0 Å². The number of carbonyl (C=O) groups excluding carboxylic acids is 1. The summed E-state index contributed by atoms with van der Waals surface area (Å²) in [5.41, 5.74) is 1.52. The van der Waals surface area contributed by atoms with Gasteiger partial charge in [0.15, 0.2) is 11.6 Å². The summed E-state index contributed by atoms with van der Waals surface area (Å²) in [6, 6.07) is 12.8. The van der Waals surface area contributed by atoms with Gasteiger partial charge in [0.25, 0.3) is 5.91 Å². The Morgan fingerprint density at radius 2 is 1.89 bits per heavy atom. The summed E-state index contributed by atoms with van der Waals surface area (Å²) in [5.74, 6) is -1.53. The fourth-order valence-corrected chi connectivity index (χ4v) is 3.22. The molecule has 0 fully saturated rings. The highest BCUT2D eigenvalue weighted by molar-refractivity contribution is 6.03. The summed E-state index contributed by atoms with van der Waals surface area (Å²) in [5, 5.41) is 4.59. The van der Waals surface area contributed by atoms with Gasteiger partial charge in [-0.1, -0.05) is 24.3 Å². The third kappa shape index (κ3) is 3.82. The Bertz CT molecular complexity index is 1020. The summed E-state index contributed by atoms with van der Waals surface area (Å²) in [6.07, 6.45) is 0. The Kier molecular flexibility index (Phi) is 5.90. The highest BCUT2D eigenvalue weighted by Crippen LogP contribution is 2.37. The van der Waals surface area contributed by atoms with Gasteiger partial charge < -0.3 is 15.0 Å². The van der Waals surface area contributed by atoms with Crippen LogP contribution >= 0.6 is 0 Å². The lowest BCUT2D eigenvalue weighted by Gasteiger charge is -2.18. The maximum absolute atomic E-state index is 14.1. The summed E-state index contributed by atoms with van der Waals surface area (Å²) in [7, 11) is 4.93. The van der Waals surface area contributed by atoms with Gasteiger partial charge in [0.1, 0.15) is 5.82 Å². The van der Waals surface area contributed by atoms with Crippen molar-refractivity contribution in [3.8, 4) is 16.9 Å². The van der Waals surface area contributed by atoms with E-state index in [1.807, 2.05) is 13.1 Å². The van der Waals surface area contributed by atoms with Crippen LogP contribution < -0.4 is 10.1 Å². The maximum atomic E-state index is 14.1. The average Bonchev–Trinajstić information content (AvgIpc) is 2.70. The molecule has 4 nitrogen and oxygen atoms in total. The number of ether oxygens (including phenoxy) is 1. The second kappa shape index (κ2) is 8.35. The number of hydrogen-bond acceptors (Lipinski definition) is 3. The molecule has 6 heteroatoms. The average molecular weight is 384 g/mol. The minimum Gasteiger partial charge on any atom is -0.493 e. The first-order valence-corrected chi connectivity index (χ1v) is 8.92. The molecular formula is C22H22F2N2O2.